The van der Waals surface area contributed by atoms with Crippen LogP contribution in [-0.4, -0.2) is 23.5 Å². The molecule has 1 rings (SSSR count). The first kappa shape index (κ1) is 17.7. The number of amides is 1. The number of halogens is 1. The zero-order valence-electron chi connectivity index (χ0n) is 12.5. The summed E-state index contributed by atoms with van der Waals surface area (Å²) in [4.78, 5) is 23.3. The Morgan fingerprint density at radius 2 is 1.86 bits per heavy atom. The van der Waals surface area contributed by atoms with Gasteiger partial charge in [0.15, 0.2) is 0 Å². The molecule has 4 nitrogen and oxygen atoms in total. The zero-order chi connectivity index (χ0) is 15.9. The SMILES string of the molecule is CCC(CC)(CNC(=O)CCc1ccccc1Br)C(=O)O. The number of hydrogen-bond donors (Lipinski definition) is 2. The van der Waals surface area contributed by atoms with Crippen LogP contribution in [0.25, 0.3) is 0 Å². The largest absolute Gasteiger partial charge is 0.481 e. The van der Waals surface area contributed by atoms with E-state index < -0.39 is 11.4 Å². The van der Waals surface area contributed by atoms with Gasteiger partial charge in [0.1, 0.15) is 0 Å². The van der Waals surface area contributed by atoms with Crippen LogP contribution in [0.3, 0.4) is 0 Å². The number of carboxylic acid groups (broad SMARTS) is 1. The summed E-state index contributed by atoms with van der Waals surface area (Å²) in [6, 6.07) is 7.77. The number of carbonyl (C=O) groups excluding carboxylic acids is 1. The molecule has 0 fully saturated rings. The zero-order valence-corrected chi connectivity index (χ0v) is 14.1. The van der Waals surface area contributed by atoms with Gasteiger partial charge >= 0.3 is 5.97 Å². The van der Waals surface area contributed by atoms with Crippen LogP contribution in [0.2, 0.25) is 0 Å². The molecule has 0 aliphatic carbocycles. The van der Waals surface area contributed by atoms with E-state index >= 15 is 0 Å². The number of nitrogens with one attached hydrogen (secondary N) is 1. The lowest BCUT2D eigenvalue weighted by molar-refractivity contribution is -0.149. The number of hydrogen-bond acceptors (Lipinski definition) is 2. The summed E-state index contributed by atoms with van der Waals surface area (Å²) >= 11 is 3.45. The molecule has 1 aromatic rings. The van der Waals surface area contributed by atoms with Crippen LogP contribution >= 0.6 is 15.9 Å². The number of carboxylic acids is 1. The highest BCUT2D eigenvalue weighted by Gasteiger charge is 2.34. The summed E-state index contributed by atoms with van der Waals surface area (Å²) in [6.45, 7) is 3.86. The Balaban J connectivity index is 2.51. The highest BCUT2D eigenvalue weighted by Crippen LogP contribution is 2.25. The molecule has 0 radical (unpaired) electrons. The molecule has 0 aromatic heterocycles. The molecule has 0 spiro atoms. The first-order chi connectivity index (χ1) is 9.95. The number of aliphatic carboxylic acids is 1. The van der Waals surface area contributed by atoms with Crippen molar-refractivity contribution in [3.8, 4) is 0 Å². The van der Waals surface area contributed by atoms with E-state index in [1.807, 2.05) is 38.1 Å². The molecular weight excluding hydrogens is 334 g/mol. The van der Waals surface area contributed by atoms with Gasteiger partial charge in [0.05, 0.1) is 5.41 Å². The van der Waals surface area contributed by atoms with E-state index in [0.29, 0.717) is 25.7 Å². The smallest absolute Gasteiger partial charge is 0.311 e. The Bertz CT molecular complexity index is 498. The molecular formula is C16H22BrNO3. The van der Waals surface area contributed by atoms with Gasteiger partial charge in [0, 0.05) is 17.4 Å². The van der Waals surface area contributed by atoms with E-state index in [-0.39, 0.29) is 12.5 Å². The summed E-state index contributed by atoms with van der Waals surface area (Å²) in [5.74, 6) is -0.961. The third kappa shape index (κ3) is 4.84. The molecule has 1 amide bonds. The standard InChI is InChI=1S/C16H22BrNO3/c1-3-16(4-2,15(20)21)11-18-14(19)10-9-12-7-5-6-8-13(12)17/h5-8H,3-4,9-11H2,1-2H3,(H,18,19)(H,20,21). The Morgan fingerprint density at radius 1 is 1.24 bits per heavy atom. The van der Waals surface area contributed by atoms with Gasteiger partial charge in [-0.05, 0) is 30.9 Å². The van der Waals surface area contributed by atoms with Crippen molar-refractivity contribution in [3.05, 3.63) is 34.3 Å². The second-order valence-corrected chi connectivity index (χ2v) is 6.02. The fourth-order valence-electron chi connectivity index (χ4n) is 2.18. The monoisotopic (exact) mass is 355 g/mol. The molecule has 5 heteroatoms. The minimum absolute atomic E-state index is 0.113. The highest BCUT2D eigenvalue weighted by molar-refractivity contribution is 9.10. The molecule has 1 aromatic carbocycles. The van der Waals surface area contributed by atoms with E-state index in [9.17, 15) is 14.7 Å². The molecule has 0 unspecified atom stereocenters. The van der Waals surface area contributed by atoms with Crippen LogP contribution in [0.15, 0.2) is 28.7 Å². The van der Waals surface area contributed by atoms with Crippen LogP contribution in [0, 0.1) is 5.41 Å². The van der Waals surface area contributed by atoms with Crippen molar-refractivity contribution >= 4 is 27.8 Å². The topological polar surface area (TPSA) is 66.4 Å². The number of aryl methyl sites for hydroxylation is 1. The van der Waals surface area contributed by atoms with Crippen LogP contribution in [0.5, 0.6) is 0 Å². The maximum Gasteiger partial charge on any atom is 0.311 e. The molecule has 0 atom stereocenters. The average Bonchev–Trinajstić information content (AvgIpc) is 2.47. The normalized spacial score (nSPS) is 11.2. The van der Waals surface area contributed by atoms with Crippen LogP contribution in [0.4, 0.5) is 0 Å². The first-order valence-electron chi connectivity index (χ1n) is 7.18. The van der Waals surface area contributed by atoms with E-state index in [4.69, 9.17) is 0 Å². The van der Waals surface area contributed by atoms with Gasteiger partial charge < -0.3 is 10.4 Å². The van der Waals surface area contributed by atoms with Crippen LogP contribution in [0.1, 0.15) is 38.7 Å². The minimum Gasteiger partial charge on any atom is -0.481 e. The third-order valence-electron chi connectivity index (χ3n) is 4.01. The molecule has 116 valence electrons. The van der Waals surface area contributed by atoms with Crippen molar-refractivity contribution in [2.24, 2.45) is 5.41 Å². The van der Waals surface area contributed by atoms with Crippen molar-refractivity contribution in [2.45, 2.75) is 39.5 Å². The fourth-order valence-corrected chi connectivity index (χ4v) is 2.67. The molecule has 21 heavy (non-hydrogen) atoms. The molecule has 2 N–H and O–H groups in total. The minimum atomic E-state index is -0.858. The maximum atomic E-state index is 11.9. The second kappa shape index (κ2) is 8.17. The number of carbonyl (C=O) groups is 2. The molecule has 0 heterocycles. The summed E-state index contributed by atoms with van der Waals surface area (Å²) in [5.41, 5.74) is 0.214. The van der Waals surface area contributed by atoms with Gasteiger partial charge in [0.2, 0.25) is 5.91 Å². The summed E-state index contributed by atoms with van der Waals surface area (Å²) in [5, 5.41) is 12.1. The number of rotatable bonds is 8. The van der Waals surface area contributed by atoms with E-state index in [1.54, 1.807) is 0 Å². The lowest BCUT2D eigenvalue weighted by Crippen LogP contribution is -2.42. The van der Waals surface area contributed by atoms with Gasteiger partial charge in [-0.3, -0.25) is 9.59 Å². The van der Waals surface area contributed by atoms with Gasteiger partial charge in [-0.15, -0.1) is 0 Å². The predicted molar refractivity (Wildman–Crippen MR) is 86.1 cm³/mol. The maximum absolute atomic E-state index is 11.9. The Hall–Kier alpha value is -1.36. The molecule has 0 aliphatic heterocycles. The van der Waals surface area contributed by atoms with Crippen molar-refractivity contribution in [2.75, 3.05) is 6.54 Å². The molecule has 0 saturated heterocycles. The quantitative estimate of drug-likeness (QED) is 0.750. The van der Waals surface area contributed by atoms with Crippen molar-refractivity contribution in [1.29, 1.82) is 0 Å². The third-order valence-corrected chi connectivity index (χ3v) is 4.78. The second-order valence-electron chi connectivity index (χ2n) is 5.16. The van der Waals surface area contributed by atoms with Gasteiger partial charge in [-0.1, -0.05) is 48.0 Å². The Kier molecular flexibility index (Phi) is 6.89. The van der Waals surface area contributed by atoms with E-state index in [2.05, 4.69) is 21.2 Å². The van der Waals surface area contributed by atoms with Crippen molar-refractivity contribution in [3.63, 3.8) is 0 Å². The first-order valence-corrected chi connectivity index (χ1v) is 7.98. The van der Waals surface area contributed by atoms with Crippen LogP contribution in [-0.2, 0) is 16.0 Å². The lowest BCUT2D eigenvalue weighted by Gasteiger charge is -2.26. The van der Waals surface area contributed by atoms with Crippen molar-refractivity contribution < 1.29 is 14.7 Å². The lowest BCUT2D eigenvalue weighted by atomic mass is 9.82. The van der Waals surface area contributed by atoms with Crippen LogP contribution < -0.4 is 5.32 Å². The molecule has 0 saturated carbocycles. The molecule has 0 aliphatic rings. The summed E-state index contributed by atoms with van der Waals surface area (Å²) in [7, 11) is 0. The van der Waals surface area contributed by atoms with E-state index in [1.165, 1.54) is 0 Å². The van der Waals surface area contributed by atoms with Gasteiger partial charge in [0.25, 0.3) is 0 Å². The summed E-state index contributed by atoms with van der Waals surface area (Å²) < 4.78 is 0.986. The predicted octanol–water partition coefficient (Wildman–Crippen LogP) is 3.39. The Labute approximate surface area is 134 Å². The highest BCUT2D eigenvalue weighted by atomic mass is 79.9. The fraction of sp³-hybridized carbons (Fsp3) is 0.500. The Morgan fingerprint density at radius 3 is 2.38 bits per heavy atom. The van der Waals surface area contributed by atoms with Crippen molar-refractivity contribution in [1.82, 2.24) is 5.32 Å². The van der Waals surface area contributed by atoms with Gasteiger partial charge in [-0.2, -0.15) is 0 Å². The summed E-state index contributed by atoms with van der Waals surface area (Å²) in [6.07, 6.45) is 1.99. The molecule has 0 bridgehead atoms. The van der Waals surface area contributed by atoms with E-state index in [0.717, 1.165) is 10.0 Å². The average molecular weight is 356 g/mol. The van der Waals surface area contributed by atoms with Gasteiger partial charge in [-0.25, -0.2) is 0 Å². The number of benzene rings is 1.